The Bertz CT molecular complexity index is 1160. The molecule has 2 aromatic rings. The number of ether oxygens (including phenoxy) is 2. The summed E-state index contributed by atoms with van der Waals surface area (Å²) in [5, 5.41) is 13.8. The van der Waals surface area contributed by atoms with Crippen molar-refractivity contribution in [2.45, 2.75) is 52.4 Å². The molecule has 1 heterocycles. The van der Waals surface area contributed by atoms with Gasteiger partial charge in [0.2, 0.25) is 0 Å². The first-order valence-electron chi connectivity index (χ1n) is 12.6. The maximum Gasteiger partial charge on any atom is 0.337 e. The molecule has 0 radical (unpaired) electrons. The number of carbonyl (C=O) groups is 1. The normalized spacial score (nSPS) is 17.8. The zero-order chi connectivity index (χ0) is 24.8. The van der Waals surface area contributed by atoms with Crippen LogP contribution in [0.25, 0.3) is 5.70 Å². The largest absolute Gasteiger partial charge is 0.486 e. The molecule has 1 unspecified atom stereocenters. The lowest BCUT2D eigenvalue weighted by atomic mass is 9.77. The average molecular weight is 474 g/mol. The van der Waals surface area contributed by atoms with Crippen LogP contribution in [0.4, 0.5) is 0 Å². The van der Waals surface area contributed by atoms with Gasteiger partial charge in [0, 0.05) is 17.0 Å². The predicted octanol–water partition coefficient (Wildman–Crippen LogP) is 6.30. The number of aryl methyl sites for hydroxylation is 1. The number of aliphatic carboxylic acids is 1. The Balaban J connectivity index is 1.65. The highest BCUT2D eigenvalue weighted by Crippen LogP contribution is 2.36. The lowest BCUT2D eigenvalue weighted by Gasteiger charge is -2.29. The van der Waals surface area contributed by atoms with E-state index in [1.807, 2.05) is 31.2 Å². The highest BCUT2D eigenvalue weighted by molar-refractivity contribution is 5.93. The lowest BCUT2D eigenvalue weighted by molar-refractivity contribution is -0.132. The van der Waals surface area contributed by atoms with E-state index < -0.39 is 5.97 Å². The van der Waals surface area contributed by atoms with Crippen LogP contribution >= 0.6 is 0 Å². The van der Waals surface area contributed by atoms with Crippen LogP contribution in [0.3, 0.4) is 0 Å². The van der Waals surface area contributed by atoms with E-state index in [1.54, 1.807) is 0 Å². The topological polar surface area (TPSA) is 67.8 Å². The summed E-state index contributed by atoms with van der Waals surface area (Å²) in [5.74, 6) is 0.673. The van der Waals surface area contributed by atoms with Gasteiger partial charge in [-0.25, -0.2) is 4.79 Å². The third-order valence-electron chi connectivity index (χ3n) is 6.87. The molecule has 2 aliphatic rings. The highest BCUT2D eigenvalue weighted by atomic mass is 16.6. The Kier molecular flexibility index (Phi) is 7.96. The number of nitrogens with one attached hydrogen (secondary N) is 1. The summed E-state index contributed by atoms with van der Waals surface area (Å²) in [6.45, 7) is 9.35. The summed E-state index contributed by atoms with van der Waals surface area (Å²) in [6, 6.07) is 14.2. The van der Waals surface area contributed by atoms with Crippen LogP contribution in [0.5, 0.6) is 11.5 Å². The van der Waals surface area contributed by atoms with Crippen molar-refractivity contribution in [2.24, 2.45) is 5.92 Å². The molecule has 5 nitrogen and oxygen atoms in total. The van der Waals surface area contributed by atoms with Gasteiger partial charge in [-0.15, -0.1) is 0 Å². The fourth-order valence-corrected chi connectivity index (χ4v) is 5.06. The third kappa shape index (κ3) is 5.61. The van der Waals surface area contributed by atoms with Crippen molar-refractivity contribution in [2.75, 3.05) is 13.2 Å². The summed E-state index contributed by atoms with van der Waals surface area (Å²) in [7, 11) is 0. The summed E-state index contributed by atoms with van der Waals surface area (Å²) < 4.78 is 11.4. The van der Waals surface area contributed by atoms with Gasteiger partial charge in [0.25, 0.3) is 0 Å². The summed E-state index contributed by atoms with van der Waals surface area (Å²) in [4.78, 5) is 12.7. The van der Waals surface area contributed by atoms with Gasteiger partial charge in [0.15, 0.2) is 11.5 Å². The molecule has 0 bridgehead atoms. The number of benzene rings is 2. The molecule has 0 saturated carbocycles. The fourth-order valence-electron chi connectivity index (χ4n) is 5.06. The van der Waals surface area contributed by atoms with Crippen molar-refractivity contribution in [1.82, 2.24) is 5.32 Å². The van der Waals surface area contributed by atoms with E-state index in [9.17, 15) is 9.90 Å². The molecule has 184 valence electrons. The summed E-state index contributed by atoms with van der Waals surface area (Å²) in [6.07, 6.45) is 7.25. The van der Waals surface area contributed by atoms with Gasteiger partial charge < -0.3 is 19.9 Å². The average Bonchev–Trinajstić information content (AvgIpc) is 2.88. The smallest absolute Gasteiger partial charge is 0.337 e. The molecule has 35 heavy (non-hydrogen) atoms. The van der Waals surface area contributed by atoms with Crippen molar-refractivity contribution in [3.05, 3.63) is 88.7 Å². The second-order valence-corrected chi connectivity index (χ2v) is 9.18. The number of carboxylic acid groups (broad SMARTS) is 1. The predicted molar refractivity (Wildman–Crippen MR) is 140 cm³/mol. The number of hydrogen-bond donors (Lipinski definition) is 2. The van der Waals surface area contributed by atoms with E-state index in [1.165, 1.54) is 11.1 Å². The quantitative estimate of drug-likeness (QED) is 0.330. The van der Waals surface area contributed by atoms with Crippen molar-refractivity contribution in [3.63, 3.8) is 0 Å². The molecule has 1 aliphatic heterocycles. The van der Waals surface area contributed by atoms with Crippen LogP contribution < -0.4 is 14.8 Å². The zero-order valence-corrected chi connectivity index (χ0v) is 20.7. The number of unbranched alkanes of at least 4 members (excludes halogenated alkanes) is 1. The number of fused-ring (bicyclic) bond motifs is 2. The molecule has 4 rings (SSSR count). The van der Waals surface area contributed by atoms with E-state index in [0.29, 0.717) is 42.4 Å². The monoisotopic (exact) mass is 473 g/mol. The first kappa shape index (κ1) is 24.6. The molecule has 0 amide bonds. The molecule has 2 aromatic carbocycles. The van der Waals surface area contributed by atoms with Gasteiger partial charge in [0.1, 0.15) is 13.2 Å². The molecule has 1 atom stereocenters. The molecule has 0 saturated heterocycles. The van der Waals surface area contributed by atoms with Gasteiger partial charge in [-0.2, -0.15) is 0 Å². The maximum atomic E-state index is 12.7. The van der Waals surface area contributed by atoms with Crippen LogP contribution in [-0.2, 0) is 17.6 Å². The Hall–Kier alpha value is -3.47. The minimum absolute atomic E-state index is 0.169. The Labute approximate surface area is 208 Å². The Morgan fingerprint density at radius 3 is 2.60 bits per heavy atom. The van der Waals surface area contributed by atoms with Gasteiger partial charge in [-0.1, -0.05) is 50.3 Å². The van der Waals surface area contributed by atoms with Gasteiger partial charge in [-0.3, -0.25) is 0 Å². The van der Waals surface area contributed by atoms with Crippen LogP contribution in [0.1, 0.15) is 56.2 Å². The molecular weight excluding hydrogens is 438 g/mol. The molecule has 2 N–H and O–H groups in total. The van der Waals surface area contributed by atoms with E-state index in [4.69, 9.17) is 9.47 Å². The van der Waals surface area contributed by atoms with Gasteiger partial charge in [0.05, 0.1) is 5.57 Å². The summed E-state index contributed by atoms with van der Waals surface area (Å²) >= 11 is 0. The van der Waals surface area contributed by atoms with E-state index in [0.717, 1.165) is 49.0 Å². The van der Waals surface area contributed by atoms with Gasteiger partial charge in [-0.05, 0) is 79.8 Å². The molecule has 0 aromatic heterocycles. The minimum atomic E-state index is -0.898. The van der Waals surface area contributed by atoms with E-state index in [2.05, 4.69) is 43.1 Å². The van der Waals surface area contributed by atoms with Crippen LogP contribution in [0.2, 0.25) is 0 Å². The minimum Gasteiger partial charge on any atom is -0.486 e. The Morgan fingerprint density at radius 2 is 1.89 bits per heavy atom. The molecule has 5 heteroatoms. The molecule has 0 spiro atoms. The standard InChI is InChI=1S/C30H35NO4/c1-4-6-11-26(31-20(3)22-14-15-27-28(19-22)35-17-16-34-27)29(30(32)33)25(5-2)24-13-12-21-9-7-8-10-23(21)18-24/h5,7-10,14-15,19,24,31H,3-4,6,11-13,16-18H2,1-2H3,(H,32,33)/b25-5-,29-26-. The van der Waals surface area contributed by atoms with Crippen LogP contribution in [-0.4, -0.2) is 24.3 Å². The third-order valence-corrected chi connectivity index (χ3v) is 6.87. The van der Waals surface area contributed by atoms with Crippen LogP contribution in [0.15, 0.2) is 72.0 Å². The summed E-state index contributed by atoms with van der Waals surface area (Å²) in [5.41, 5.74) is 6.18. The molecule has 1 aliphatic carbocycles. The van der Waals surface area contributed by atoms with E-state index >= 15 is 0 Å². The van der Waals surface area contributed by atoms with Crippen molar-refractivity contribution >= 4 is 11.7 Å². The highest BCUT2D eigenvalue weighted by Gasteiger charge is 2.28. The van der Waals surface area contributed by atoms with Crippen molar-refractivity contribution < 1.29 is 19.4 Å². The molecular formula is C30H35NO4. The van der Waals surface area contributed by atoms with Crippen LogP contribution in [0, 0.1) is 5.92 Å². The number of hydrogen-bond acceptors (Lipinski definition) is 4. The SMILES string of the molecule is C=C(N/C(CCCC)=C(C(=O)O)/C(=C\C)C1CCc2ccccc2C1)c1ccc2c(c1)OCCO2. The first-order valence-corrected chi connectivity index (χ1v) is 12.6. The van der Waals surface area contributed by atoms with E-state index in [-0.39, 0.29) is 5.92 Å². The first-order chi connectivity index (χ1) is 17.0. The second kappa shape index (κ2) is 11.3. The maximum absolute atomic E-state index is 12.7. The second-order valence-electron chi connectivity index (χ2n) is 9.18. The zero-order valence-electron chi connectivity index (χ0n) is 20.7. The number of rotatable bonds is 9. The lowest BCUT2D eigenvalue weighted by Crippen LogP contribution is -2.24. The Morgan fingerprint density at radius 1 is 1.14 bits per heavy atom. The van der Waals surface area contributed by atoms with Gasteiger partial charge >= 0.3 is 5.97 Å². The number of carboxylic acids is 1. The number of allylic oxidation sites excluding steroid dienone is 2. The van der Waals surface area contributed by atoms with Crippen molar-refractivity contribution in [3.8, 4) is 11.5 Å². The van der Waals surface area contributed by atoms with Crippen molar-refractivity contribution in [1.29, 1.82) is 0 Å². The molecule has 0 fully saturated rings. The fraction of sp³-hybridized carbons (Fsp3) is 0.367.